The van der Waals surface area contributed by atoms with E-state index in [1.54, 1.807) is 7.11 Å². The summed E-state index contributed by atoms with van der Waals surface area (Å²) in [6, 6.07) is 7.53. The van der Waals surface area contributed by atoms with Gasteiger partial charge in [0.25, 0.3) is 0 Å². The molecule has 0 spiro atoms. The number of rotatable bonds is 4. The molecule has 1 aromatic heterocycles. The van der Waals surface area contributed by atoms with E-state index in [4.69, 9.17) is 15.0 Å². The summed E-state index contributed by atoms with van der Waals surface area (Å²) >= 11 is 0. The largest absolute Gasteiger partial charge is 0.497 e. The van der Waals surface area contributed by atoms with Crippen molar-refractivity contribution in [3.05, 3.63) is 41.5 Å². The SMILES string of the molecule is COc1cccc(Cc2noc([C@H](N)C(C)(C)C)n2)c1. The van der Waals surface area contributed by atoms with Crippen LogP contribution in [0.3, 0.4) is 0 Å². The van der Waals surface area contributed by atoms with E-state index < -0.39 is 0 Å². The summed E-state index contributed by atoms with van der Waals surface area (Å²) in [4.78, 5) is 4.38. The van der Waals surface area contributed by atoms with E-state index in [1.807, 2.05) is 45.0 Å². The average molecular weight is 275 g/mol. The Morgan fingerprint density at radius 3 is 2.75 bits per heavy atom. The van der Waals surface area contributed by atoms with E-state index in [9.17, 15) is 0 Å². The minimum Gasteiger partial charge on any atom is -0.497 e. The van der Waals surface area contributed by atoms with Gasteiger partial charge < -0.3 is 15.0 Å². The monoisotopic (exact) mass is 275 g/mol. The van der Waals surface area contributed by atoms with Crippen LogP contribution in [0.2, 0.25) is 0 Å². The molecule has 0 aliphatic carbocycles. The molecule has 5 nitrogen and oxygen atoms in total. The summed E-state index contributed by atoms with van der Waals surface area (Å²) in [6.45, 7) is 6.14. The third-order valence-electron chi connectivity index (χ3n) is 3.18. The summed E-state index contributed by atoms with van der Waals surface area (Å²) < 4.78 is 10.5. The van der Waals surface area contributed by atoms with Crippen LogP contribution in [0.15, 0.2) is 28.8 Å². The first-order valence-electron chi connectivity index (χ1n) is 6.61. The number of hydrogen-bond donors (Lipinski definition) is 1. The van der Waals surface area contributed by atoms with Gasteiger partial charge in [-0.15, -0.1) is 0 Å². The highest BCUT2D eigenvalue weighted by atomic mass is 16.5. The molecule has 0 unspecified atom stereocenters. The first-order valence-corrected chi connectivity index (χ1v) is 6.61. The van der Waals surface area contributed by atoms with Gasteiger partial charge in [0, 0.05) is 6.42 Å². The molecule has 0 bridgehead atoms. The average Bonchev–Trinajstić information content (AvgIpc) is 2.85. The van der Waals surface area contributed by atoms with Gasteiger partial charge in [0.1, 0.15) is 5.75 Å². The lowest BCUT2D eigenvalue weighted by Gasteiger charge is -2.23. The lowest BCUT2D eigenvalue weighted by atomic mass is 9.87. The number of hydrogen-bond acceptors (Lipinski definition) is 5. The van der Waals surface area contributed by atoms with Gasteiger partial charge in [0.05, 0.1) is 13.2 Å². The Kier molecular flexibility index (Phi) is 4.09. The van der Waals surface area contributed by atoms with Gasteiger partial charge in [0.15, 0.2) is 5.82 Å². The van der Waals surface area contributed by atoms with Crippen molar-refractivity contribution in [2.75, 3.05) is 7.11 Å². The van der Waals surface area contributed by atoms with E-state index in [2.05, 4.69) is 10.1 Å². The van der Waals surface area contributed by atoms with Crippen molar-refractivity contribution < 1.29 is 9.26 Å². The van der Waals surface area contributed by atoms with Crippen LogP contribution in [0.25, 0.3) is 0 Å². The Labute approximate surface area is 119 Å². The Morgan fingerprint density at radius 1 is 1.35 bits per heavy atom. The van der Waals surface area contributed by atoms with Crippen LogP contribution in [0.5, 0.6) is 5.75 Å². The molecule has 0 saturated heterocycles. The zero-order valence-electron chi connectivity index (χ0n) is 12.4. The molecular formula is C15H21N3O2. The molecule has 20 heavy (non-hydrogen) atoms. The van der Waals surface area contributed by atoms with Gasteiger partial charge in [-0.1, -0.05) is 38.1 Å². The maximum absolute atomic E-state index is 6.11. The lowest BCUT2D eigenvalue weighted by molar-refractivity contribution is 0.252. The number of nitrogens with two attached hydrogens (primary N) is 1. The van der Waals surface area contributed by atoms with Gasteiger partial charge in [-0.3, -0.25) is 0 Å². The van der Waals surface area contributed by atoms with Crippen LogP contribution in [-0.2, 0) is 6.42 Å². The van der Waals surface area contributed by atoms with Gasteiger partial charge in [-0.25, -0.2) is 0 Å². The number of benzene rings is 1. The third kappa shape index (κ3) is 3.36. The lowest BCUT2D eigenvalue weighted by Crippen LogP contribution is -2.26. The first kappa shape index (κ1) is 14.5. The molecule has 2 rings (SSSR count). The van der Waals surface area contributed by atoms with Gasteiger partial charge in [0.2, 0.25) is 5.89 Å². The second-order valence-corrected chi connectivity index (χ2v) is 5.92. The van der Waals surface area contributed by atoms with Crippen LogP contribution in [0.4, 0.5) is 0 Å². The minimum absolute atomic E-state index is 0.111. The zero-order valence-corrected chi connectivity index (χ0v) is 12.4. The van der Waals surface area contributed by atoms with Crippen molar-refractivity contribution >= 4 is 0 Å². The molecule has 0 aliphatic heterocycles. The smallest absolute Gasteiger partial charge is 0.244 e. The normalized spacial score (nSPS) is 13.2. The van der Waals surface area contributed by atoms with Gasteiger partial charge >= 0.3 is 0 Å². The number of nitrogens with zero attached hydrogens (tertiary/aromatic N) is 2. The van der Waals surface area contributed by atoms with Crippen molar-refractivity contribution in [2.24, 2.45) is 11.1 Å². The standard InChI is InChI=1S/C15H21N3O2/c1-15(2,3)13(16)14-17-12(18-20-14)9-10-6-5-7-11(8-10)19-4/h5-8,13H,9,16H2,1-4H3/t13-/m0/s1. The van der Waals surface area contributed by atoms with Crippen molar-refractivity contribution in [3.8, 4) is 5.75 Å². The molecule has 0 aliphatic rings. The first-order chi connectivity index (χ1) is 9.40. The van der Waals surface area contributed by atoms with Crippen LogP contribution < -0.4 is 10.5 Å². The fourth-order valence-electron chi connectivity index (χ4n) is 1.80. The van der Waals surface area contributed by atoms with Crippen LogP contribution >= 0.6 is 0 Å². The quantitative estimate of drug-likeness (QED) is 0.928. The molecule has 1 atom stereocenters. The molecule has 0 fully saturated rings. The zero-order chi connectivity index (χ0) is 14.8. The Morgan fingerprint density at radius 2 is 2.10 bits per heavy atom. The predicted molar refractivity (Wildman–Crippen MR) is 76.5 cm³/mol. The minimum atomic E-state index is -0.269. The molecule has 0 amide bonds. The molecule has 1 heterocycles. The summed E-state index contributed by atoms with van der Waals surface area (Å²) in [5.41, 5.74) is 7.07. The summed E-state index contributed by atoms with van der Waals surface area (Å²) in [7, 11) is 1.65. The van der Waals surface area contributed by atoms with Crippen LogP contribution in [0, 0.1) is 5.41 Å². The van der Waals surface area contributed by atoms with E-state index in [1.165, 1.54) is 0 Å². The van der Waals surface area contributed by atoms with Gasteiger partial charge in [-0.2, -0.15) is 4.98 Å². The summed E-state index contributed by atoms with van der Waals surface area (Å²) in [5, 5.41) is 3.99. The summed E-state index contributed by atoms with van der Waals surface area (Å²) in [6.07, 6.45) is 0.595. The van der Waals surface area contributed by atoms with Crippen LogP contribution in [0.1, 0.15) is 44.1 Å². The molecular weight excluding hydrogens is 254 g/mol. The van der Waals surface area contributed by atoms with Crippen molar-refractivity contribution in [2.45, 2.75) is 33.2 Å². The number of ether oxygens (including phenoxy) is 1. The fourth-order valence-corrected chi connectivity index (χ4v) is 1.80. The molecule has 108 valence electrons. The molecule has 5 heteroatoms. The van der Waals surface area contributed by atoms with Crippen molar-refractivity contribution in [1.82, 2.24) is 10.1 Å². The second-order valence-electron chi connectivity index (χ2n) is 5.92. The van der Waals surface area contributed by atoms with E-state index in [-0.39, 0.29) is 11.5 Å². The maximum atomic E-state index is 6.11. The van der Waals surface area contributed by atoms with E-state index >= 15 is 0 Å². The Bertz CT molecular complexity index is 572. The van der Waals surface area contributed by atoms with Crippen molar-refractivity contribution in [1.29, 1.82) is 0 Å². The summed E-state index contributed by atoms with van der Waals surface area (Å²) in [5.74, 6) is 1.93. The van der Waals surface area contributed by atoms with Crippen LogP contribution in [-0.4, -0.2) is 17.3 Å². The third-order valence-corrected chi connectivity index (χ3v) is 3.18. The molecule has 0 saturated carbocycles. The van der Waals surface area contributed by atoms with Crippen molar-refractivity contribution in [3.63, 3.8) is 0 Å². The number of aromatic nitrogens is 2. The fraction of sp³-hybridized carbons (Fsp3) is 0.467. The molecule has 2 aromatic rings. The molecule has 0 radical (unpaired) electrons. The Balaban J connectivity index is 2.13. The highest BCUT2D eigenvalue weighted by Crippen LogP contribution is 2.29. The highest BCUT2D eigenvalue weighted by Gasteiger charge is 2.27. The van der Waals surface area contributed by atoms with E-state index in [0.717, 1.165) is 11.3 Å². The second kappa shape index (κ2) is 5.63. The van der Waals surface area contributed by atoms with E-state index in [0.29, 0.717) is 18.1 Å². The predicted octanol–water partition coefficient (Wildman–Crippen LogP) is 2.71. The maximum Gasteiger partial charge on any atom is 0.244 e. The van der Waals surface area contributed by atoms with Gasteiger partial charge in [-0.05, 0) is 23.1 Å². The number of methoxy groups -OCH3 is 1. The molecule has 1 aromatic carbocycles. The topological polar surface area (TPSA) is 74.2 Å². The highest BCUT2D eigenvalue weighted by molar-refractivity contribution is 5.30. The molecule has 2 N–H and O–H groups in total. The Hall–Kier alpha value is -1.88.